The summed E-state index contributed by atoms with van der Waals surface area (Å²) < 4.78 is 0. The van der Waals surface area contributed by atoms with Gasteiger partial charge in [-0.1, -0.05) is 19.1 Å². The molecule has 0 aromatic heterocycles. The summed E-state index contributed by atoms with van der Waals surface area (Å²) in [6, 6.07) is 8.01. The van der Waals surface area contributed by atoms with Crippen LogP contribution < -0.4 is 0 Å². The Hall–Kier alpha value is -1.35. The van der Waals surface area contributed by atoms with E-state index in [2.05, 4.69) is 24.8 Å². The molecule has 1 aromatic carbocycles. The van der Waals surface area contributed by atoms with Gasteiger partial charge in [-0.15, -0.1) is 0 Å². The highest BCUT2D eigenvalue weighted by molar-refractivity contribution is 5.87. The van der Waals surface area contributed by atoms with Crippen LogP contribution in [0.1, 0.15) is 48.5 Å². The van der Waals surface area contributed by atoms with Crippen LogP contribution in [-0.2, 0) is 0 Å². The second-order valence-electron chi connectivity index (χ2n) is 5.17. The Labute approximate surface area is 108 Å². The number of benzene rings is 1. The van der Waals surface area contributed by atoms with Crippen LogP contribution in [0.3, 0.4) is 0 Å². The summed E-state index contributed by atoms with van der Waals surface area (Å²) in [4.78, 5) is 13.5. The molecule has 2 unspecified atom stereocenters. The Kier molecular flexibility index (Phi) is 4.02. The zero-order chi connectivity index (χ0) is 13.1. The normalized spacial score (nSPS) is 22.0. The molecule has 1 fully saturated rings. The largest absolute Gasteiger partial charge is 0.478 e. The maximum Gasteiger partial charge on any atom is 0.335 e. The van der Waals surface area contributed by atoms with Gasteiger partial charge in [0, 0.05) is 12.6 Å². The lowest BCUT2D eigenvalue weighted by molar-refractivity contribution is 0.0696. The fourth-order valence-corrected chi connectivity index (χ4v) is 2.64. The highest BCUT2D eigenvalue weighted by Crippen LogP contribution is 2.29. The summed E-state index contributed by atoms with van der Waals surface area (Å²) in [6.45, 7) is 6.65. The Morgan fingerprint density at radius 2 is 2.33 bits per heavy atom. The van der Waals surface area contributed by atoms with Crippen LogP contribution in [-0.4, -0.2) is 35.1 Å². The van der Waals surface area contributed by atoms with Gasteiger partial charge in [-0.05, 0) is 49.9 Å². The standard InChI is InChI=1S/C15H21NO2/c1-3-11(2)16-8-7-14(10-16)12-5-4-6-13(9-12)15(17)18/h4-6,9,11,14H,3,7-8,10H2,1-2H3,(H,17,18). The second-order valence-corrected chi connectivity index (χ2v) is 5.17. The topological polar surface area (TPSA) is 40.5 Å². The van der Waals surface area contributed by atoms with E-state index in [1.165, 1.54) is 12.0 Å². The highest BCUT2D eigenvalue weighted by atomic mass is 16.4. The molecule has 1 aromatic rings. The minimum atomic E-state index is -0.839. The van der Waals surface area contributed by atoms with Gasteiger partial charge in [-0.3, -0.25) is 0 Å². The highest BCUT2D eigenvalue weighted by Gasteiger charge is 2.26. The Morgan fingerprint density at radius 1 is 1.56 bits per heavy atom. The van der Waals surface area contributed by atoms with Crippen molar-refractivity contribution in [1.82, 2.24) is 4.90 Å². The van der Waals surface area contributed by atoms with Gasteiger partial charge in [0.1, 0.15) is 0 Å². The van der Waals surface area contributed by atoms with Crippen LogP contribution in [0.15, 0.2) is 24.3 Å². The predicted octanol–water partition coefficient (Wildman–Crippen LogP) is 2.97. The Morgan fingerprint density at radius 3 is 3.00 bits per heavy atom. The van der Waals surface area contributed by atoms with E-state index in [0.29, 0.717) is 17.5 Å². The van der Waals surface area contributed by atoms with Crippen LogP contribution in [0.4, 0.5) is 0 Å². The lowest BCUT2D eigenvalue weighted by Gasteiger charge is -2.23. The zero-order valence-electron chi connectivity index (χ0n) is 11.1. The third-order valence-electron chi connectivity index (χ3n) is 4.04. The molecule has 2 atom stereocenters. The maximum absolute atomic E-state index is 11.0. The van der Waals surface area contributed by atoms with E-state index in [-0.39, 0.29) is 0 Å². The van der Waals surface area contributed by atoms with Crippen molar-refractivity contribution < 1.29 is 9.90 Å². The molecule has 0 saturated carbocycles. The van der Waals surface area contributed by atoms with Gasteiger partial charge < -0.3 is 10.0 Å². The van der Waals surface area contributed by atoms with Gasteiger partial charge in [0.15, 0.2) is 0 Å². The SMILES string of the molecule is CCC(C)N1CCC(c2cccc(C(=O)O)c2)C1. The van der Waals surface area contributed by atoms with Crippen LogP contribution in [0, 0.1) is 0 Å². The Bertz CT molecular complexity index is 430. The summed E-state index contributed by atoms with van der Waals surface area (Å²) in [6.07, 6.45) is 2.30. The summed E-state index contributed by atoms with van der Waals surface area (Å²) in [7, 11) is 0. The first-order chi connectivity index (χ1) is 8.61. The number of hydrogen-bond donors (Lipinski definition) is 1. The van der Waals surface area contributed by atoms with Gasteiger partial charge in [0.2, 0.25) is 0 Å². The number of carboxylic acid groups (broad SMARTS) is 1. The molecule has 3 nitrogen and oxygen atoms in total. The van der Waals surface area contributed by atoms with E-state index >= 15 is 0 Å². The number of rotatable bonds is 4. The summed E-state index contributed by atoms with van der Waals surface area (Å²) >= 11 is 0. The molecule has 0 spiro atoms. The van der Waals surface area contributed by atoms with Crippen molar-refractivity contribution in [2.75, 3.05) is 13.1 Å². The first-order valence-corrected chi connectivity index (χ1v) is 6.69. The van der Waals surface area contributed by atoms with Gasteiger partial charge in [-0.25, -0.2) is 4.79 Å². The number of carboxylic acids is 1. The maximum atomic E-state index is 11.0. The van der Waals surface area contributed by atoms with Crippen LogP contribution in [0.25, 0.3) is 0 Å². The van der Waals surface area contributed by atoms with Crippen LogP contribution >= 0.6 is 0 Å². The smallest absolute Gasteiger partial charge is 0.335 e. The third-order valence-corrected chi connectivity index (χ3v) is 4.04. The van der Waals surface area contributed by atoms with Gasteiger partial charge in [-0.2, -0.15) is 0 Å². The van der Waals surface area contributed by atoms with Crippen molar-refractivity contribution in [3.8, 4) is 0 Å². The molecule has 2 rings (SSSR count). The Balaban J connectivity index is 2.09. The van der Waals surface area contributed by atoms with Gasteiger partial charge in [0.25, 0.3) is 0 Å². The van der Waals surface area contributed by atoms with E-state index in [0.717, 1.165) is 19.5 Å². The molecule has 1 aliphatic rings. The van der Waals surface area contributed by atoms with Gasteiger partial charge >= 0.3 is 5.97 Å². The van der Waals surface area contributed by atoms with Crippen molar-refractivity contribution in [1.29, 1.82) is 0 Å². The van der Waals surface area contributed by atoms with Crippen molar-refractivity contribution in [2.24, 2.45) is 0 Å². The quantitative estimate of drug-likeness (QED) is 0.889. The molecule has 98 valence electrons. The van der Waals surface area contributed by atoms with Crippen molar-refractivity contribution in [3.63, 3.8) is 0 Å². The monoisotopic (exact) mass is 247 g/mol. The first-order valence-electron chi connectivity index (χ1n) is 6.69. The van der Waals surface area contributed by atoms with E-state index < -0.39 is 5.97 Å². The third kappa shape index (κ3) is 2.72. The molecule has 0 radical (unpaired) electrons. The lowest BCUT2D eigenvalue weighted by Crippen LogP contribution is -2.29. The van der Waals surface area contributed by atoms with E-state index in [9.17, 15) is 4.79 Å². The van der Waals surface area contributed by atoms with Crippen molar-refractivity contribution >= 4 is 5.97 Å². The summed E-state index contributed by atoms with van der Waals surface area (Å²) in [5.74, 6) is -0.355. The molecular weight excluding hydrogens is 226 g/mol. The number of aromatic carboxylic acids is 1. The minimum Gasteiger partial charge on any atom is -0.478 e. The van der Waals surface area contributed by atoms with Crippen LogP contribution in [0.5, 0.6) is 0 Å². The number of carbonyl (C=O) groups is 1. The number of likely N-dealkylation sites (tertiary alicyclic amines) is 1. The zero-order valence-corrected chi connectivity index (χ0v) is 11.1. The molecule has 0 amide bonds. The summed E-state index contributed by atoms with van der Waals surface area (Å²) in [5.41, 5.74) is 1.56. The molecule has 0 bridgehead atoms. The molecular formula is C15H21NO2. The molecule has 1 heterocycles. The van der Waals surface area contributed by atoms with E-state index in [4.69, 9.17) is 5.11 Å². The predicted molar refractivity (Wildman–Crippen MR) is 72.1 cm³/mol. The average molecular weight is 247 g/mol. The first kappa shape index (κ1) is 13.1. The molecule has 18 heavy (non-hydrogen) atoms. The van der Waals surface area contributed by atoms with Gasteiger partial charge in [0.05, 0.1) is 5.56 Å². The fraction of sp³-hybridized carbons (Fsp3) is 0.533. The summed E-state index contributed by atoms with van der Waals surface area (Å²) in [5, 5.41) is 9.02. The molecule has 1 N–H and O–H groups in total. The molecule has 1 aliphatic heterocycles. The number of hydrogen-bond acceptors (Lipinski definition) is 2. The average Bonchev–Trinajstić information content (AvgIpc) is 2.87. The van der Waals surface area contributed by atoms with E-state index in [1.807, 2.05) is 12.1 Å². The molecule has 3 heteroatoms. The van der Waals surface area contributed by atoms with E-state index in [1.54, 1.807) is 6.07 Å². The second kappa shape index (κ2) is 5.53. The fourth-order valence-electron chi connectivity index (χ4n) is 2.64. The van der Waals surface area contributed by atoms with Crippen LogP contribution in [0.2, 0.25) is 0 Å². The lowest BCUT2D eigenvalue weighted by atomic mass is 9.96. The van der Waals surface area contributed by atoms with Crippen molar-refractivity contribution in [2.45, 2.75) is 38.6 Å². The number of nitrogens with zero attached hydrogens (tertiary/aromatic N) is 1. The van der Waals surface area contributed by atoms with Crippen molar-refractivity contribution in [3.05, 3.63) is 35.4 Å². The minimum absolute atomic E-state index is 0.398. The molecule has 0 aliphatic carbocycles. The molecule has 1 saturated heterocycles.